The molecule has 1 fully saturated rings. The van der Waals surface area contributed by atoms with Crippen molar-refractivity contribution in [3.05, 3.63) is 0 Å². The standard InChI is InChI=1S/C8H16N2O2S/c1-13(12)6-8(11)10-4-2-7(9)3-5-10/h7H,2-6,9H2,1H3. The second-order valence-electron chi connectivity index (χ2n) is 3.44. The molecule has 2 N–H and O–H groups in total. The smallest absolute Gasteiger partial charge is 0.235 e. The Balaban J connectivity index is 2.36. The largest absolute Gasteiger partial charge is 0.342 e. The summed E-state index contributed by atoms with van der Waals surface area (Å²) in [4.78, 5) is 13.2. The summed E-state index contributed by atoms with van der Waals surface area (Å²) in [5.41, 5.74) is 5.70. The first-order valence-electron chi connectivity index (χ1n) is 4.43. The van der Waals surface area contributed by atoms with Crippen molar-refractivity contribution in [2.45, 2.75) is 18.9 Å². The van der Waals surface area contributed by atoms with Crippen LogP contribution in [0.25, 0.3) is 0 Å². The number of hydrogen-bond acceptors (Lipinski definition) is 3. The number of amides is 1. The molecule has 1 unspecified atom stereocenters. The van der Waals surface area contributed by atoms with Crippen LogP contribution in [0, 0.1) is 0 Å². The Kier molecular flexibility index (Phi) is 3.87. The highest BCUT2D eigenvalue weighted by Gasteiger charge is 2.20. The summed E-state index contributed by atoms with van der Waals surface area (Å²) in [7, 11) is -1.03. The molecular weight excluding hydrogens is 188 g/mol. The molecule has 0 aromatic heterocycles. The number of nitrogens with zero attached hydrogens (tertiary/aromatic N) is 1. The average Bonchev–Trinajstić information content (AvgIpc) is 2.04. The van der Waals surface area contributed by atoms with E-state index in [-0.39, 0.29) is 17.7 Å². The van der Waals surface area contributed by atoms with Crippen LogP contribution in [0.15, 0.2) is 0 Å². The number of hydrogen-bond donors (Lipinski definition) is 1. The summed E-state index contributed by atoms with van der Waals surface area (Å²) in [6.07, 6.45) is 3.28. The highest BCUT2D eigenvalue weighted by molar-refractivity contribution is 7.85. The van der Waals surface area contributed by atoms with Crippen LogP contribution in [0.1, 0.15) is 12.8 Å². The zero-order chi connectivity index (χ0) is 9.84. The minimum absolute atomic E-state index is 0.00673. The molecular formula is C8H16N2O2S. The van der Waals surface area contributed by atoms with Gasteiger partial charge in [0.15, 0.2) is 0 Å². The molecule has 1 aliphatic rings. The lowest BCUT2D eigenvalue weighted by atomic mass is 10.1. The molecule has 1 atom stereocenters. The fourth-order valence-corrected chi connectivity index (χ4v) is 1.94. The molecule has 4 nitrogen and oxygen atoms in total. The van der Waals surface area contributed by atoms with Gasteiger partial charge in [0.25, 0.3) is 0 Å². The molecule has 0 saturated carbocycles. The zero-order valence-electron chi connectivity index (χ0n) is 7.86. The first-order valence-corrected chi connectivity index (χ1v) is 6.15. The van der Waals surface area contributed by atoms with Crippen LogP contribution in [-0.2, 0) is 15.6 Å². The molecule has 1 amide bonds. The molecule has 1 aliphatic heterocycles. The molecule has 1 saturated heterocycles. The van der Waals surface area contributed by atoms with Crippen molar-refractivity contribution < 1.29 is 9.00 Å². The van der Waals surface area contributed by atoms with E-state index in [1.165, 1.54) is 0 Å². The Morgan fingerprint density at radius 2 is 2.08 bits per heavy atom. The maximum atomic E-state index is 11.4. The molecule has 0 aromatic carbocycles. The van der Waals surface area contributed by atoms with Crippen LogP contribution in [0.3, 0.4) is 0 Å². The van der Waals surface area contributed by atoms with Crippen molar-refractivity contribution >= 4 is 16.7 Å². The van der Waals surface area contributed by atoms with Gasteiger partial charge in [0, 0.05) is 36.2 Å². The lowest BCUT2D eigenvalue weighted by Crippen LogP contribution is -2.44. The molecule has 76 valence electrons. The van der Waals surface area contributed by atoms with Crippen LogP contribution < -0.4 is 5.73 Å². The van der Waals surface area contributed by atoms with Gasteiger partial charge < -0.3 is 10.6 Å². The molecule has 1 heterocycles. The summed E-state index contributed by atoms with van der Waals surface area (Å²) >= 11 is 0. The van der Waals surface area contributed by atoms with Crippen molar-refractivity contribution in [2.24, 2.45) is 5.73 Å². The minimum Gasteiger partial charge on any atom is -0.342 e. The molecule has 5 heteroatoms. The third kappa shape index (κ3) is 3.44. The molecule has 13 heavy (non-hydrogen) atoms. The normalized spacial score (nSPS) is 21.5. The monoisotopic (exact) mass is 204 g/mol. The van der Waals surface area contributed by atoms with E-state index in [1.807, 2.05) is 0 Å². The van der Waals surface area contributed by atoms with Crippen molar-refractivity contribution in [3.8, 4) is 0 Å². The quantitative estimate of drug-likeness (QED) is 0.648. The van der Waals surface area contributed by atoms with E-state index in [0.29, 0.717) is 0 Å². The fourth-order valence-electron chi connectivity index (χ4n) is 1.41. The maximum absolute atomic E-state index is 11.4. The van der Waals surface area contributed by atoms with Gasteiger partial charge in [0.1, 0.15) is 5.75 Å². The van der Waals surface area contributed by atoms with E-state index in [9.17, 15) is 9.00 Å². The van der Waals surface area contributed by atoms with E-state index in [4.69, 9.17) is 5.73 Å². The summed E-state index contributed by atoms with van der Waals surface area (Å²) in [6, 6.07) is 0.233. The predicted molar refractivity (Wildman–Crippen MR) is 52.7 cm³/mol. The minimum atomic E-state index is -1.03. The topological polar surface area (TPSA) is 63.4 Å². The van der Waals surface area contributed by atoms with Gasteiger partial charge in [-0.05, 0) is 12.8 Å². The Labute approximate surface area is 80.9 Å². The molecule has 0 radical (unpaired) electrons. The number of nitrogens with two attached hydrogens (primary N) is 1. The highest BCUT2D eigenvalue weighted by atomic mass is 32.2. The van der Waals surface area contributed by atoms with E-state index in [0.717, 1.165) is 25.9 Å². The summed E-state index contributed by atoms with van der Waals surface area (Å²) in [6.45, 7) is 1.44. The van der Waals surface area contributed by atoms with E-state index >= 15 is 0 Å². The third-order valence-electron chi connectivity index (χ3n) is 2.22. The molecule has 0 bridgehead atoms. The number of carbonyl (C=O) groups is 1. The lowest BCUT2D eigenvalue weighted by molar-refractivity contribution is -0.129. The number of rotatable bonds is 2. The second kappa shape index (κ2) is 4.72. The van der Waals surface area contributed by atoms with Crippen molar-refractivity contribution in [3.63, 3.8) is 0 Å². The van der Waals surface area contributed by atoms with Gasteiger partial charge in [-0.2, -0.15) is 0 Å². The van der Waals surface area contributed by atoms with Gasteiger partial charge in [-0.25, -0.2) is 0 Å². The Hall–Kier alpha value is -0.420. The van der Waals surface area contributed by atoms with E-state index in [2.05, 4.69) is 0 Å². The number of likely N-dealkylation sites (tertiary alicyclic amines) is 1. The van der Waals surface area contributed by atoms with Crippen LogP contribution in [-0.4, -0.2) is 46.2 Å². The second-order valence-corrected chi connectivity index (χ2v) is 4.87. The lowest BCUT2D eigenvalue weighted by Gasteiger charge is -2.29. The maximum Gasteiger partial charge on any atom is 0.235 e. The fraction of sp³-hybridized carbons (Fsp3) is 0.875. The number of carbonyl (C=O) groups excluding carboxylic acids is 1. The first kappa shape index (κ1) is 10.7. The molecule has 1 rings (SSSR count). The summed E-state index contributed by atoms with van der Waals surface area (Å²) in [5.74, 6) is 0.141. The van der Waals surface area contributed by atoms with Crippen LogP contribution in [0.4, 0.5) is 0 Å². The van der Waals surface area contributed by atoms with Gasteiger partial charge in [-0.3, -0.25) is 9.00 Å². The third-order valence-corrected chi connectivity index (χ3v) is 2.87. The Bertz CT molecular complexity index is 212. The molecule has 0 spiro atoms. The summed E-state index contributed by atoms with van der Waals surface area (Å²) in [5, 5.41) is 0. The Morgan fingerprint density at radius 1 is 1.54 bits per heavy atom. The van der Waals surface area contributed by atoms with Crippen molar-refractivity contribution in [2.75, 3.05) is 25.1 Å². The van der Waals surface area contributed by atoms with Crippen LogP contribution in [0.2, 0.25) is 0 Å². The van der Waals surface area contributed by atoms with Crippen molar-refractivity contribution in [1.29, 1.82) is 0 Å². The van der Waals surface area contributed by atoms with Gasteiger partial charge in [0.05, 0.1) is 0 Å². The molecule has 0 aliphatic carbocycles. The van der Waals surface area contributed by atoms with Gasteiger partial charge >= 0.3 is 0 Å². The first-order chi connectivity index (χ1) is 6.09. The Morgan fingerprint density at radius 3 is 2.54 bits per heavy atom. The predicted octanol–water partition coefficient (Wildman–Crippen LogP) is -0.685. The van der Waals surface area contributed by atoms with Crippen LogP contribution >= 0.6 is 0 Å². The number of piperidine rings is 1. The SMILES string of the molecule is CS(=O)CC(=O)N1CCC(N)CC1. The van der Waals surface area contributed by atoms with Crippen molar-refractivity contribution in [1.82, 2.24) is 4.90 Å². The average molecular weight is 204 g/mol. The van der Waals surface area contributed by atoms with Gasteiger partial charge in [-0.15, -0.1) is 0 Å². The van der Waals surface area contributed by atoms with Gasteiger partial charge in [0.2, 0.25) is 5.91 Å². The highest BCUT2D eigenvalue weighted by Crippen LogP contribution is 2.08. The zero-order valence-corrected chi connectivity index (χ0v) is 8.68. The van der Waals surface area contributed by atoms with E-state index < -0.39 is 10.8 Å². The van der Waals surface area contributed by atoms with Gasteiger partial charge in [-0.1, -0.05) is 0 Å². The van der Waals surface area contributed by atoms with Crippen LogP contribution in [0.5, 0.6) is 0 Å². The summed E-state index contributed by atoms with van der Waals surface area (Å²) < 4.78 is 10.8. The molecule has 0 aromatic rings. The van der Waals surface area contributed by atoms with E-state index in [1.54, 1.807) is 11.2 Å².